The van der Waals surface area contributed by atoms with Crippen LogP contribution in [0.1, 0.15) is 5.56 Å². The number of benzene rings is 1. The summed E-state index contributed by atoms with van der Waals surface area (Å²) < 4.78 is 1.07. The second-order valence-electron chi connectivity index (χ2n) is 4.71. The summed E-state index contributed by atoms with van der Waals surface area (Å²) >= 11 is 3.53. The standard InChI is InChI=1S/C13H18BrN3O/c1-9-3-4-10(5-12(9)14)17-7-11(6-15)16(2)13(18)8-17/h3-5,11H,6-8,15H2,1-2H3. The van der Waals surface area contributed by atoms with Gasteiger partial charge in [0.15, 0.2) is 0 Å². The van der Waals surface area contributed by atoms with Gasteiger partial charge in [-0.2, -0.15) is 0 Å². The number of nitrogens with zero attached hydrogens (tertiary/aromatic N) is 2. The van der Waals surface area contributed by atoms with Gasteiger partial charge in [-0.05, 0) is 24.6 Å². The molecule has 1 atom stereocenters. The van der Waals surface area contributed by atoms with Crippen LogP contribution in [-0.4, -0.2) is 43.5 Å². The Morgan fingerprint density at radius 2 is 2.22 bits per heavy atom. The summed E-state index contributed by atoms with van der Waals surface area (Å²) in [6.07, 6.45) is 0. The van der Waals surface area contributed by atoms with E-state index in [1.165, 1.54) is 5.56 Å². The van der Waals surface area contributed by atoms with E-state index in [2.05, 4.69) is 33.0 Å². The van der Waals surface area contributed by atoms with Crippen molar-refractivity contribution in [3.05, 3.63) is 28.2 Å². The first-order valence-electron chi connectivity index (χ1n) is 5.99. The van der Waals surface area contributed by atoms with Crippen molar-refractivity contribution in [2.45, 2.75) is 13.0 Å². The van der Waals surface area contributed by atoms with Crippen LogP contribution < -0.4 is 10.6 Å². The van der Waals surface area contributed by atoms with E-state index in [4.69, 9.17) is 5.73 Å². The van der Waals surface area contributed by atoms with Gasteiger partial charge in [0.2, 0.25) is 5.91 Å². The minimum absolute atomic E-state index is 0.0892. The number of nitrogens with two attached hydrogens (primary N) is 1. The SMILES string of the molecule is Cc1ccc(N2CC(=O)N(C)C(CN)C2)cc1Br. The van der Waals surface area contributed by atoms with Crippen LogP contribution in [0, 0.1) is 6.92 Å². The van der Waals surface area contributed by atoms with E-state index in [9.17, 15) is 4.79 Å². The second kappa shape index (κ2) is 5.28. The molecule has 1 aromatic carbocycles. The van der Waals surface area contributed by atoms with Crippen LogP contribution in [0.4, 0.5) is 5.69 Å². The first-order chi connectivity index (χ1) is 8.52. The molecule has 1 aromatic rings. The lowest BCUT2D eigenvalue weighted by Crippen LogP contribution is -2.57. The Hall–Kier alpha value is -1.07. The van der Waals surface area contributed by atoms with E-state index in [0.717, 1.165) is 16.7 Å². The topological polar surface area (TPSA) is 49.6 Å². The van der Waals surface area contributed by atoms with Crippen molar-refractivity contribution < 1.29 is 4.79 Å². The number of hydrogen-bond donors (Lipinski definition) is 1. The summed E-state index contributed by atoms with van der Waals surface area (Å²) in [6, 6.07) is 6.25. The van der Waals surface area contributed by atoms with Gasteiger partial charge in [0.05, 0.1) is 12.6 Å². The number of hydrogen-bond acceptors (Lipinski definition) is 3. The summed E-state index contributed by atoms with van der Waals surface area (Å²) in [5.74, 6) is 0.119. The molecule has 1 aliphatic heterocycles. The molecule has 1 amide bonds. The zero-order chi connectivity index (χ0) is 13.3. The molecule has 4 nitrogen and oxygen atoms in total. The molecule has 2 N–H and O–H groups in total. The van der Waals surface area contributed by atoms with Crippen molar-refractivity contribution in [1.29, 1.82) is 0 Å². The molecule has 1 aliphatic rings. The molecule has 1 fully saturated rings. The highest BCUT2D eigenvalue weighted by Gasteiger charge is 2.29. The Kier molecular flexibility index (Phi) is 3.92. The number of halogens is 1. The smallest absolute Gasteiger partial charge is 0.242 e. The fourth-order valence-corrected chi connectivity index (χ4v) is 2.49. The molecule has 18 heavy (non-hydrogen) atoms. The normalized spacial score (nSPS) is 20.4. The monoisotopic (exact) mass is 311 g/mol. The van der Waals surface area contributed by atoms with Crippen LogP contribution in [-0.2, 0) is 4.79 Å². The predicted octanol–water partition coefficient (Wildman–Crippen LogP) is 1.36. The van der Waals surface area contributed by atoms with Gasteiger partial charge in [-0.25, -0.2) is 0 Å². The van der Waals surface area contributed by atoms with E-state index in [0.29, 0.717) is 13.1 Å². The Morgan fingerprint density at radius 1 is 1.50 bits per heavy atom. The Bertz CT molecular complexity index is 464. The van der Waals surface area contributed by atoms with E-state index >= 15 is 0 Å². The van der Waals surface area contributed by atoms with Gasteiger partial charge >= 0.3 is 0 Å². The fourth-order valence-electron chi connectivity index (χ4n) is 2.13. The van der Waals surface area contributed by atoms with E-state index in [1.807, 2.05) is 20.0 Å². The molecule has 0 bridgehead atoms. The van der Waals surface area contributed by atoms with Crippen LogP contribution in [0.5, 0.6) is 0 Å². The average Bonchev–Trinajstić information content (AvgIpc) is 2.36. The molecule has 0 aliphatic carbocycles. The quantitative estimate of drug-likeness (QED) is 0.897. The Balaban J connectivity index is 2.23. The van der Waals surface area contributed by atoms with Gasteiger partial charge in [0.1, 0.15) is 0 Å². The first-order valence-corrected chi connectivity index (χ1v) is 6.79. The van der Waals surface area contributed by atoms with Crippen LogP contribution in [0.2, 0.25) is 0 Å². The molecular formula is C13H18BrN3O. The minimum Gasteiger partial charge on any atom is -0.360 e. The van der Waals surface area contributed by atoms with Crippen molar-refractivity contribution in [3.63, 3.8) is 0 Å². The molecule has 0 spiro atoms. The summed E-state index contributed by atoms with van der Waals surface area (Å²) in [7, 11) is 1.82. The molecule has 2 rings (SSSR count). The van der Waals surface area contributed by atoms with E-state index in [-0.39, 0.29) is 11.9 Å². The summed E-state index contributed by atoms with van der Waals surface area (Å²) in [4.78, 5) is 15.8. The Labute approximate surface area is 116 Å². The van der Waals surface area contributed by atoms with E-state index in [1.54, 1.807) is 4.90 Å². The van der Waals surface area contributed by atoms with Crippen molar-refractivity contribution in [2.24, 2.45) is 5.73 Å². The molecule has 98 valence electrons. The highest BCUT2D eigenvalue weighted by atomic mass is 79.9. The van der Waals surface area contributed by atoms with Gasteiger partial charge in [0, 0.05) is 30.3 Å². The van der Waals surface area contributed by atoms with Gasteiger partial charge in [-0.15, -0.1) is 0 Å². The molecule has 0 aromatic heterocycles. The number of carbonyl (C=O) groups excluding carboxylic acids is 1. The molecule has 0 radical (unpaired) electrons. The van der Waals surface area contributed by atoms with Crippen molar-refractivity contribution in [3.8, 4) is 0 Å². The number of piperazine rings is 1. The zero-order valence-electron chi connectivity index (χ0n) is 10.7. The lowest BCUT2D eigenvalue weighted by molar-refractivity contribution is -0.131. The third-order valence-electron chi connectivity index (χ3n) is 3.49. The molecule has 5 heteroatoms. The highest BCUT2D eigenvalue weighted by Crippen LogP contribution is 2.25. The Morgan fingerprint density at radius 3 is 2.83 bits per heavy atom. The summed E-state index contributed by atoms with van der Waals surface area (Å²) in [5.41, 5.74) is 7.97. The van der Waals surface area contributed by atoms with Gasteiger partial charge in [0.25, 0.3) is 0 Å². The fraction of sp³-hybridized carbons (Fsp3) is 0.462. The molecule has 1 unspecified atom stereocenters. The zero-order valence-corrected chi connectivity index (χ0v) is 12.3. The first kappa shape index (κ1) is 13.4. The average molecular weight is 312 g/mol. The lowest BCUT2D eigenvalue weighted by atomic mass is 10.1. The summed E-state index contributed by atoms with van der Waals surface area (Å²) in [5, 5.41) is 0. The number of amides is 1. The maximum atomic E-state index is 11.9. The largest absolute Gasteiger partial charge is 0.360 e. The van der Waals surface area contributed by atoms with Gasteiger partial charge in [-0.3, -0.25) is 4.79 Å². The number of aryl methyl sites for hydroxylation is 1. The lowest BCUT2D eigenvalue weighted by Gasteiger charge is -2.39. The number of rotatable bonds is 2. The molecule has 1 heterocycles. The van der Waals surface area contributed by atoms with Crippen molar-refractivity contribution in [1.82, 2.24) is 4.90 Å². The molecule has 1 saturated heterocycles. The second-order valence-corrected chi connectivity index (χ2v) is 5.56. The molecule has 0 saturated carbocycles. The van der Waals surface area contributed by atoms with Crippen LogP contribution in [0.15, 0.2) is 22.7 Å². The predicted molar refractivity (Wildman–Crippen MR) is 76.7 cm³/mol. The van der Waals surface area contributed by atoms with Crippen molar-refractivity contribution in [2.75, 3.05) is 31.6 Å². The van der Waals surface area contributed by atoms with Crippen molar-refractivity contribution >= 4 is 27.5 Å². The highest BCUT2D eigenvalue weighted by molar-refractivity contribution is 9.10. The summed E-state index contributed by atoms with van der Waals surface area (Å²) in [6.45, 7) is 3.74. The third-order valence-corrected chi connectivity index (χ3v) is 4.35. The number of likely N-dealkylation sites (N-methyl/N-ethyl adjacent to an activating group) is 1. The van der Waals surface area contributed by atoms with Crippen LogP contribution in [0.3, 0.4) is 0 Å². The molecular weight excluding hydrogens is 294 g/mol. The van der Waals surface area contributed by atoms with E-state index < -0.39 is 0 Å². The van der Waals surface area contributed by atoms with Crippen LogP contribution in [0.25, 0.3) is 0 Å². The maximum absolute atomic E-state index is 11.9. The van der Waals surface area contributed by atoms with Crippen LogP contribution >= 0.6 is 15.9 Å². The number of carbonyl (C=O) groups is 1. The minimum atomic E-state index is 0.0892. The third kappa shape index (κ3) is 2.52. The van der Waals surface area contributed by atoms with Gasteiger partial charge < -0.3 is 15.5 Å². The number of anilines is 1. The maximum Gasteiger partial charge on any atom is 0.242 e. The van der Waals surface area contributed by atoms with Gasteiger partial charge in [-0.1, -0.05) is 22.0 Å².